The number of nitrogens with one attached hydrogen (secondary N) is 1. The molecule has 3 rings (SSSR count). The lowest BCUT2D eigenvalue weighted by molar-refractivity contribution is -0.213. The molecule has 162 valence electrons. The molecule has 2 fully saturated rings. The molecule has 0 aliphatic carbocycles. The van der Waals surface area contributed by atoms with Crippen LogP contribution in [0.2, 0.25) is 0 Å². The highest BCUT2D eigenvalue weighted by molar-refractivity contribution is 8.14. The molecule has 0 aromatic heterocycles. The van der Waals surface area contributed by atoms with Gasteiger partial charge in [-0.1, -0.05) is 42.1 Å². The molecule has 0 amide bonds. The fourth-order valence-electron chi connectivity index (χ4n) is 3.27. The van der Waals surface area contributed by atoms with Crippen molar-refractivity contribution in [1.29, 1.82) is 0 Å². The Morgan fingerprint density at radius 1 is 1.03 bits per heavy atom. The lowest BCUT2D eigenvalue weighted by atomic mass is 9.99. The van der Waals surface area contributed by atoms with Crippen molar-refractivity contribution in [3.8, 4) is 0 Å². The lowest BCUT2D eigenvalue weighted by Gasteiger charge is -2.41. The van der Waals surface area contributed by atoms with E-state index in [1.807, 2.05) is 30.3 Å². The first kappa shape index (κ1) is 22.1. The number of fused-ring (bicyclic) bond motifs is 1. The van der Waals surface area contributed by atoms with Crippen molar-refractivity contribution in [2.24, 2.45) is 4.99 Å². The van der Waals surface area contributed by atoms with E-state index in [2.05, 4.69) is 10.3 Å². The molecule has 0 unspecified atom stereocenters. The van der Waals surface area contributed by atoms with Crippen LogP contribution < -0.4 is 5.32 Å². The fraction of sp³-hybridized carbons (Fsp3) is 0.500. The normalized spacial score (nSPS) is 28.9. The van der Waals surface area contributed by atoms with Crippen LogP contribution in [0.4, 0.5) is 0 Å². The summed E-state index contributed by atoms with van der Waals surface area (Å²) in [5.41, 5.74) is 1.05. The van der Waals surface area contributed by atoms with E-state index < -0.39 is 42.4 Å². The van der Waals surface area contributed by atoms with Crippen LogP contribution in [0.5, 0.6) is 0 Å². The van der Waals surface area contributed by atoms with Gasteiger partial charge in [-0.05, 0) is 5.56 Å². The first-order chi connectivity index (χ1) is 14.3. The number of carbonyl (C=O) groups is 3. The first-order valence-corrected chi connectivity index (χ1v) is 10.4. The zero-order valence-electron chi connectivity index (χ0n) is 16.9. The highest BCUT2D eigenvalue weighted by atomic mass is 32.2. The third-order valence-electron chi connectivity index (χ3n) is 4.45. The summed E-state index contributed by atoms with van der Waals surface area (Å²) >= 11 is 1.36. The molecular weight excluding hydrogens is 412 g/mol. The van der Waals surface area contributed by atoms with Gasteiger partial charge in [0.15, 0.2) is 17.4 Å². The lowest BCUT2D eigenvalue weighted by Crippen LogP contribution is -2.61. The number of esters is 3. The van der Waals surface area contributed by atoms with Crippen LogP contribution in [-0.4, -0.2) is 59.5 Å². The van der Waals surface area contributed by atoms with E-state index in [1.165, 1.54) is 32.5 Å². The van der Waals surface area contributed by atoms with Crippen molar-refractivity contribution in [3.63, 3.8) is 0 Å². The van der Waals surface area contributed by atoms with E-state index >= 15 is 0 Å². The van der Waals surface area contributed by atoms with E-state index in [-0.39, 0.29) is 11.9 Å². The summed E-state index contributed by atoms with van der Waals surface area (Å²) < 4.78 is 22.0. The Labute approximate surface area is 178 Å². The van der Waals surface area contributed by atoms with Gasteiger partial charge in [-0.15, -0.1) is 0 Å². The zero-order valence-corrected chi connectivity index (χ0v) is 17.7. The average Bonchev–Trinajstić information content (AvgIpc) is 3.09. The SMILES string of the molecule is CC(=O)OC[C@H]1O[C@@H]2NC(=NCc3ccccc3)S[C@@H]2[C@@H](OC(C)=O)[C@@H]1OC(C)=O. The fourth-order valence-corrected chi connectivity index (χ4v) is 4.45. The molecule has 1 N–H and O–H groups in total. The molecule has 0 radical (unpaired) electrons. The molecule has 2 heterocycles. The molecule has 0 saturated carbocycles. The second kappa shape index (κ2) is 9.94. The van der Waals surface area contributed by atoms with Gasteiger partial charge >= 0.3 is 17.9 Å². The van der Waals surface area contributed by atoms with Gasteiger partial charge in [-0.2, -0.15) is 0 Å². The minimum atomic E-state index is -0.922. The highest BCUT2D eigenvalue weighted by Crippen LogP contribution is 2.37. The summed E-state index contributed by atoms with van der Waals surface area (Å²) in [6, 6.07) is 9.76. The van der Waals surface area contributed by atoms with Crippen LogP contribution in [0.25, 0.3) is 0 Å². The number of ether oxygens (including phenoxy) is 4. The summed E-state index contributed by atoms with van der Waals surface area (Å²) in [5.74, 6) is -1.56. The highest BCUT2D eigenvalue weighted by Gasteiger charge is 2.53. The monoisotopic (exact) mass is 436 g/mol. The van der Waals surface area contributed by atoms with E-state index in [1.54, 1.807) is 0 Å². The van der Waals surface area contributed by atoms with Crippen LogP contribution in [-0.2, 0) is 39.9 Å². The predicted octanol–water partition coefficient (Wildman–Crippen LogP) is 1.40. The quantitative estimate of drug-likeness (QED) is 0.522. The molecular formula is C20H24N2O7S. The van der Waals surface area contributed by atoms with E-state index in [0.29, 0.717) is 11.7 Å². The van der Waals surface area contributed by atoms with Crippen molar-refractivity contribution in [1.82, 2.24) is 5.32 Å². The third-order valence-corrected chi connectivity index (χ3v) is 5.71. The van der Waals surface area contributed by atoms with Gasteiger partial charge in [-0.25, -0.2) is 0 Å². The van der Waals surface area contributed by atoms with Crippen molar-refractivity contribution in [2.45, 2.75) is 57.1 Å². The molecule has 0 spiro atoms. The molecule has 2 aliphatic rings. The smallest absolute Gasteiger partial charge is 0.303 e. The van der Waals surface area contributed by atoms with Gasteiger partial charge in [0.1, 0.15) is 18.9 Å². The average molecular weight is 436 g/mol. The Morgan fingerprint density at radius 3 is 2.33 bits per heavy atom. The number of benzene rings is 1. The van der Waals surface area contributed by atoms with E-state index in [4.69, 9.17) is 18.9 Å². The summed E-state index contributed by atoms with van der Waals surface area (Å²) in [6.07, 6.45) is -3.08. The maximum atomic E-state index is 11.7. The van der Waals surface area contributed by atoms with E-state index in [0.717, 1.165) is 5.56 Å². The Kier molecular flexibility index (Phi) is 7.33. The molecule has 30 heavy (non-hydrogen) atoms. The minimum Gasteiger partial charge on any atom is -0.463 e. The van der Waals surface area contributed by atoms with Crippen molar-refractivity contribution < 1.29 is 33.3 Å². The molecule has 1 aromatic carbocycles. The van der Waals surface area contributed by atoms with E-state index in [9.17, 15) is 14.4 Å². The first-order valence-electron chi connectivity index (χ1n) is 9.48. The maximum absolute atomic E-state index is 11.7. The van der Waals surface area contributed by atoms with Gasteiger partial charge in [-0.3, -0.25) is 19.4 Å². The van der Waals surface area contributed by atoms with Gasteiger partial charge in [0.25, 0.3) is 0 Å². The van der Waals surface area contributed by atoms with Crippen LogP contribution in [0.15, 0.2) is 35.3 Å². The predicted molar refractivity (Wildman–Crippen MR) is 108 cm³/mol. The molecule has 2 aliphatic heterocycles. The maximum Gasteiger partial charge on any atom is 0.303 e. The van der Waals surface area contributed by atoms with Gasteiger partial charge in [0.05, 0.1) is 11.8 Å². The zero-order chi connectivity index (χ0) is 21.7. The minimum absolute atomic E-state index is 0.142. The molecule has 10 heteroatoms. The Morgan fingerprint density at radius 2 is 1.70 bits per heavy atom. The van der Waals surface area contributed by atoms with Crippen molar-refractivity contribution in [3.05, 3.63) is 35.9 Å². The van der Waals surface area contributed by atoms with Crippen LogP contribution in [0.1, 0.15) is 26.3 Å². The number of nitrogens with zero attached hydrogens (tertiary/aromatic N) is 1. The Bertz CT molecular complexity index is 817. The number of amidine groups is 1. The number of aliphatic imine (C=N–C) groups is 1. The topological polar surface area (TPSA) is 113 Å². The molecule has 5 atom stereocenters. The van der Waals surface area contributed by atoms with Crippen LogP contribution in [0.3, 0.4) is 0 Å². The summed E-state index contributed by atoms with van der Waals surface area (Å²) in [5, 5.41) is 3.41. The summed E-state index contributed by atoms with van der Waals surface area (Å²) in [6.45, 7) is 4.14. The largest absolute Gasteiger partial charge is 0.463 e. The molecule has 1 aromatic rings. The number of thioether (sulfide) groups is 1. The van der Waals surface area contributed by atoms with Crippen LogP contribution in [0, 0.1) is 0 Å². The second-order valence-corrected chi connectivity index (χ2v) is 8.05. The third kappa shape index (κ3) is 5.73. The van der Waals surface area contributed by atoms with Crippen molar-refractivity contribution in [2.75, 3.05) is 6.61 Å². The molecule has 0 bridgehead atoms. The van der Waals surface area contributed by atoms with Gasteiger partial charge in [0, 0.05) is 20.8 Å². The second-order valence-electron chi connectivity index (χ2n) is 6.88. The molecule has 9 nitrogen and oxygen atoms in total. The Balaban J connectivity index is 1.80. The summed E-state index contributed by atoms with van der Waals surface area (Å²) in [4.78, 5) is 39.3. The molecule has 2 saturated heterocycles. The Hall–Kier alpha value is -2.59. The number of hydrogen-bond donors (Lipinski definition) is 1. The van der Waals surface area contributed by atoms with Crippen LogP contribution >= 0.6 is 11.8 Å². The number of rotatable bonds is 6. The standard InChI is InChI=1S/C20H24N2O7S/c1-11(23)26-10-15-16(27-12(2)24)17(28-13(3)25)18-19(29-15)22-20(30-18)21-9-14-7-5-4-6-8-14/h4-8,15-19H,9-10H2,1-3H3,(H,21,22)/t15-,16-,17+,18-,19+/m1/s1. The summed E-state index contributed by atoms with van der Waals surface area (Å²) in [7, 11) is 0. The number of hydrogen-bond acceptors (Lipinski definition) is 9. The van der Waals surface area contributed by atoms with Gasteiger partial charge < -0.3 is 24.3 Å². The van der Waals surface area contributed by atoms with Gasteiger partial charge in [0.2, 0.25) is 0 Å². The number of carbonyl (C=O) groups excluding carboxylic acids is 3. The van der Waals surface area contributed by atoms with Crippen molar-refractivity contribution >= 4 is 34.8 Å².